The molecule has 0 aromatic heterocycles. The van der Waals surface area contributed by atoms with E-state index < -0.39 is 0 Å². The normalized spacial score (nSPS) is 13.7. The smallest absolute Gasteiger partial charge is 0.224 e. The van der Waals surface area contributed by atoms with E-state index in [1.165, 1.54) is 16.7 Å². The number of aryl methyl sites for hydroxylation is 1. The second-order valence-corrected chi connectivity index (χ2v) is 5.20. The predicted octanol–water partition coefficient (Wildman–Crippen LogP) is 3.86. The molecule has 100 valence electrons. The molecule has 3 rings (SSSR count). The van der Waals surface area contributed by atoms with Crippen LogP contribution in [0, 0.1) is 6.92 Å². The van der Waals surface area contributed by atoms with E-state index in [1.807, 2.05) is 17.0 Å². The Labute approximate surface area is 119 Å². The lowest BCUT2D eigenvalue weighted by molar-refractivity contribution is -0.126. The van der Waals surface area contributed by atoms with Gasteiger partial charge in [-0.05, 0) is 29.7 Å². The molecule has 20 heavy (non-hydrogen) atoms. The lowest BCUT2D eigenvalue weighted by Gasteiger charge is -2.29. The summed E-state index contributed by atoms with van der Waals surface area (Å²) in [6.07, 6.45) is 2.10. The van der Waals surface area contributed by atoms with Crippen molar-refractivity contribution in [1.29, 1.82) is 0 Å². The highest BCUT2D eigenvalue weighted by Gasteiger charge is 2.21. The maximum absolute atomic E-state index is 11.9. The second kappa shape index (κ2) is 4.97. The van der Waals surface area contributed by atoms with E-state index in [9.17, 15) is 4.79 Å². The van der Waals surface area contributed by atoms with Gasteiger partial charge in [0.1, 0.15) is 0 Å². The molecule has 2 aromatic rings. The summed E-state index contributed by atoms with van der Waals surface area (Å²) in [4.78, 5) is 13.8. The van der Waals surface area contributed by atoms with E-state index in [0.717, 1.165) is 11.3 Å². The Kier molecular flexibility index (Phi) is 3.15. The molecule has 1 amide bonds. The van der Waals surface area contributed by atoms with Crippen LogP contribution < -0.4 is 0 Å². The minimum absolute atomic E-state index is 0.0753. The van der Waals surface area contributed by atoms with E-state index in [2.05, 4.69) is 49.4 Å². The van der Waals surface area contributed by atoms with Crippen LogP contribution in [0.25, 0.3) is 11.8 Å². The molecule has 2 heteroatoms. The van der Waals surface area contributed by atoms with Gasteiger partial charge in [0.2, 0.25) is 5.91 Å². The van der Waals surface area contributed by atoms with E-state index in [4.69, 9.17) is 0 Å². The van der Waals surface area contributed by atoms with Gasteiger partial charge in [-0.25, -0.2) is 0 Å². The van der Waals surface area contributed by atoms with Gasteiger partial charge in [0.15, 0.2) is 0 Å². The van der Waals surface area contributed by atoms with Crippen molar-refractivity contribution in [2.75, 3.05) is 0 Å². The average Bonchev–Trinajstić information content (AvgIpc) is 2.46. The summed E-state index contributed by atoms with van der Waals surface area (Å²) in [5, 5.41) is 0. The number of fused-ring (bicyclic) bond motifs is 1. The molecule has 0 saturated carbocycles. The quantitative estimate of drug-likeness (QED) is 0.765. The van der Waals surface area contributed by atoms with Crippen LogP contribution in [0.3, 0.4) is 0 Å². The van der Waals surface area contributed by atoms with E-state index in [0.29, 0.717) is 6.54 Å². The lowest BCUT2D eigenvalue weighted by atomic mass is 9.97. The number of benzene rings is 2. The Morgan fingerprint density at radius 3 is 2.45 bits per heavy atom. The highest BCUT2D eigenvalue weighted by atomic mass is 16.2. The van der Waals surface area contributed by atoms with Crippen LogP contribution in [0.2, 0.25) is 0 Å². The van der Waals surface area contributed by atoms with Gasteiger partial charge in [0.05, 0.1) is 12.2 Å². The van der Waals surface area contributed by atoms with Crippen LogP contribution in [-0.2, 0) is 11.3 Å². The zero-order valence-electron chi connectivity index (χ0n) is 11.8. The van der Waals surface area contributed by atoms with Gasteiger partial charge in [-0.2, -0.15) is 0 Å². The molecule has 1 aliphatic rings. The van der Waals surface area contributed by atoms with Crippen molar-refractivity contribution >= 4 is 17.7 Å². The molecule has 2 nitrogen and oxygen atoms in total. The third-order valence-electron chi connectivity index (χ3n) is 3.69. The standard InChI is InChI=1S/C18H17NO/c1-13-7-9-15(10-8-13)18-11-16-5-3-4-6-17(16)12-19(18)14(2)20/h3-11H,12H2,1-2H3. The summed E-state index contributed by atoms with van der Waals surface area (Å²) < 4.78 is 0. The fraction of sp³-hybridized carbons (Fsp3) is 0.167. The molecule has 1 heterocycles. The minimum Gasteiger partial charge on any atom is -0.308 e. The number of nitrogens with zero attached hydrogens (tertiary/aromatic N) is 1. The molecule has 0 fully saturated rings. The number of amides is 1. The summed E-state index contributed by atoms with van der Waals surface area (Å²) in [7, 11) is 0. The first-order valence-electron chi connectivity index (χ1n) is 6.80. The van der Waals surface area contributed by atoms with Crippen LogP contribution in [0.4, 0.5) is 0 Å². The first-order chi connectivity index (χ1) is 9.65. The van der Waals surface area contributed by atoms with Crippen molar-refractivity contribution in [2.24, 2.45) is 0 Å². The monoisotopic (exact) mass is 263 g/mol. The van der Waals surface area contributed by atoms with Gasteiger partial charge in [-0.15, -0.1) is 0 Å². The molecule has 0 unspecified atom stereocenters. The molecule has 2 aromatic carbocycles. The molecule has 0 atom stereocenters. The Bertz CT molecular complexity index is 683. The van der Waals surface area contributed by atoms with Gasteiger partial charge in [-0.1, -0.05) is 54.1 Å². The summed E-state index contributed by atoms with van der Waals surface area (Å²) in [5.74, 6) is 0.0753. The topological polar surface area (TPSA) is 20.3 Å². The molecule has 1 aliphatic heterocycles. The summed E-state index contributed by atoms with van der Waals surface area (Å²) in [6.45, 7) is 4.33. The second-order valence-electron chi connectivity index (χ2n) is 5.20. The fourth-order valence-corrected chi connectivity index (χ4v) is 2.54. The number of carbonyl (C=O) groups excluding carboxylic acids is 1. The number of hydrogen-bond donors (Lipinski definition) is 0. The zero-order chi connectivity index (χ0) is 14.1. The number of rotatable bonds is 1. The molecular formula is C18H17NO. The van der Waals surface area contributed by atoms with Crippen molar-refractivity contribution in [3.8, 4) is 0 Å². The average molecular weight is 263 g/mol. The van der Waals surface area contributed by atoms with E-state index in [1.54, 1.807) is 6.92 Å². The third kappa shape index (κ3) is 2.25. The van der Waals surface area contributed by atoms with E-state index in [-0.39, 0.29) is 5.91 Å². The number of hydrogen-bond acceptors (Lipinski definition) is 1. The lowest BCUT2D eigenvalue weighted by Crippen LogP contribution is -2.29. The molecular weight excluding hydrogens is 246 g/mol. The van der Waals surface area contributed by atoms with Gasteiger partial charge in [-0.3, -0.25) is 4.79 Å². The van der Waals surface area contributed by atoms with Crippen molar-refractivity contribution < 1.29 is 4.79 Å². The van der Waals surface area contributed by atoms with Crippen molar-refractivity contribution in [1.82, 2.24) is 4.90 Å². The summed E-state index contributed by atoms with van der Waals surface area (Å²) in [5.41, 5.74) is 5.68. The molecule has 0 spiro atoms. The highest BCUT2D eigenvalue weighted by Crippen LogP contribution is 2.31. The Balaban J connectivity index is 2.12. The minimum atomic E-state index is 0.0753. The van der Waals surface area contributed by atoms with Crippen molar-refractivity contribution in [3.05, 3.63) is 70.8 Å². The SMILES string of the molecule is CC(=O)N1Cc2ccccc2C=C1c1ccc(C)cc1. The van der Waals surface area contributed by atoms with E-state index >= 15 is 0 Å². The fourth-order valence-electron chi connectivity index (χ4n) is 2.54. The largest absolute Gasteiger partial charge is 0.308 e. The van der Waals surface area contributed by atoms with Gasteiger partial charge in [0, 0.05) is 6.92 Å². The maximum Gasteiger partial charge on any atom is 0.224 e. The number of carbonyl (C=O) groups is 1. The van der Waals surface area contributed by atoms with Crippen LogP contribution in [0.1, 0.15) is 29.2 Å². The Morgan fingerprint density at radius 1 is 1.05 bits per heavy atom. The van der Waals surface area contributed by atoms with Crippen molar-refractivity contribution in [3.63, 3.8) is 0 Å². The first-order valence-corrected chi connectivity index (χ1v) is 6.80. The summed E-state index contributed by atoms with van der Waals surface area (Å²) >= 11 is 0. The first kappa shape index (κ1) is 12.7. The Morgan fingerprint density at radius 2 is 1.75 bits per heavy atom. The van der Waals surface area contributed by atoms with Crippen LogP contribution in [0.5, 0.6) is 0 Å². The van der Waals surface area contributed by atoms with Crippen molar-refractivity contribution in [2.45, 2.75) is 20.4 Å². The summed E-state index contributed by atoms with van der Waals surface area (Å²) in [6, 6.07) is 16.5. The molecule has 0 bridgehead atoms. The zero-order valence-corrected chi connectivity index (χ0v) is 11.8. The molecule has 0 N–H and O–H groups in total. The molecule has 0 radical (unpaired) electrons. The van der Waals surface area contributed by atoms with Crippen LogP contribution in [0.15, 0.2) is 48.5 Å². The third-order valence-corrected chi connectivity index (χ3v) is 3.69. The van der Waals surface area contributed by atoms with Gasteiger partial charge < -0.3 is 4.90 Å². The molecule has 0 saturated heterocycles. The maximum atomic E-state index is 11.9. The highest BCUT2D eigenvalue weighted by molar-refractivity contribution is 5.93. The Hall–Kier alpha value is -2.35. The van der Waals surface area contributed by atoms with Crippen LogP contribution in [-0.4, -0.2) is 10.8 Å². The van der Waals surface area contributed by atoms with Gasteiger partial charge in [0.25, 0.3) is 0 Å². The van der Waals surface area contributed by atoms with Gasteiger partial charge >= 0.3 is 0 Å². The predicted molar refractivity (Wildman–Crippen MR) is 81.7 cm³/mol. The van der Waals surface area contributed by atoms with Crippen LogP contribution >= 0.6 is 0 Å². The molecule has 0 aliphatic carbocycles.